The van der Waals surface area contributed by atoms with Crippen LogP contribution in [0, 0.1) is 13.8 Å². The standard InChI is InChI=1S/C64H43BN4/c1-40-34-54-58(68(50-26-22-42-12-3-7-16-46(42)36-50)51-27-23-43-13-4-8-17-47(43)37-51)32-30-56-63(54)66(40)60-20-11-21-61-62(60)65(56)57-31-33-59(55-35-41(2)67(61)64(55)57)69(52-28-24-44-14-5-9-18-48(44)38-52)53-29-25-45-15-6-10-19-49(45)39-53/h3-39H,1-2H3. The minimum Gasteiger partial charge on any atom is -0.315 e. The SMILES string of the molecule is Cc1cc2c(N(c3ccc4ccccc4c3)c3ccc4ccccc4c3)ccc3c2n1-c1cccc2c1B3c1ccc(N(c3ccc4ccccc4c3)c3ccc4ccccc4c3)c3cc(C)n-2c13. The van der Waals surface area contributed by atoms with Crippen molar-refractivity contribution in [3.8, 4) is 11.4 Å². The predicted molar refractivity (Wildman–Crippen MR) is 294 cm³/mol. The highest BCUT2D eigenvalue weighted by Gasteiger charge is 2.41. The molecule has 0 spiro atoms. The van der Waals surface area contributed by atoms with Crippen LogP contribution in [0.3, 0.4) is 0 Å². The number of aromatic nitrogens is 2. The molecule has 0 atom stereocenters. The zero-order valence-corrected chi connectivity index (χ0v) is 38.2. The first-order chi connectivity index (χ1) is 34.0. The molecule has 0 unspecified atom stereocenters. The van der Waals surface area contributed by atoms with Crippen molar-refractivity contribution in [2.45, 2.75) is 13.8 Å². The van der Waals surface area contributed by atoms with E-state index in [1.807, 2.05) is 0 Å². The van der Waals surface area contributed by atoms with Gasteiger partial charge < -0.3 is 18.9 Å². The Bertz CT molecular complexity index is 3900. The third kappa shape index (κ3) is 5.53. The molecule has 11 aromatic carbocycles. The van der Waals surface area contributed by atoms with Gasteiger partial charge in [0.1, 0.15) is 0 Å². The first-order valence-electron chi connectivity index (χ1n) is 24.0. The maximum absolute atomic E-state index is 2.54. The molecule has 0 fully saturated rings. The Hall–Kier alpha value is -8.80. The predicted octanol–water partition coefficient (Wildman–Crippen LogP) is 14.9. The average Bonchev–Trinajstić information content (AvgIpc) is 3.94. The summed E-state index contributed by atoms with van der Waals surface area (Å²) in [6.45, 7) is 4.58. The van der Waals surface area contributed by atoms with Crippen molar-refractivity contribution in [1.82, 2.24) is 9.13 Å². The lowest BCUT2D eigenvalue weighted by Gasteiger charge is -2.35. The summed E-state index contributed by atoms with van der Waals surface area (Å²) in [5, 5.41) is 12.3. The van der Waals surface area contributed by atoms with E-state index in [4.69, 9.17) is 0 Å². The fraction of sp³-hybridized carbons (Fsp3) is 0.0312. The zero-order valence-electron chi connectivity index (χ0n) is 38.2. The number of fused-ring (bicyclic) bond motifs is 8. The van der Waals surface area contributed by atoms with E-state index >= 15 is 0 Å². The van der Waals surface area contributed by atoms with Gasteiger partial charge >= 0.3 is 0 Å². The van der Waals surface area contributed by atoms with E-state index in [1.165, 1.54) is 104 Å². The molecule has 0 saturated heterocycles. The first-order valence-corrected chi connectivity index (χ1v) is 24.0. The van der Waals surface area contributed by atoms with Crippen LogP contribution in [0.25, 0.3) is 76.3 Å². The number of hydrogen-bond acceptors (Lipinski definition) is 2. The highest BCUT2D eigenvalue weighted by atomic mass is 15.2. The third-order valence-corrected chi connectivity index (χ3v) is 15.2. The molecule has 0 N–H and O–H groups in total. The minimum atomic E-state index is 0.0254. The van der Waals surface area contributed by atoms with Crippen molar-refractivity contribution in [1.29, 1.82) is 0 Å². The summed E-state index contributed by atoms with van der Waals surface area (Å²) in [4.78, 5) is 4.95. The van der Waals surface area contributed by atoms with Gasteiger partial charge in [0.2, 0.25) is 0 Å². The van der Waals surface area contributed by atoms with Gasteiger partial charge in [0.25, 0.3) is 6.71 Å². The summed E-state index contributed by atoms with van der Waals surface area (Å²) in [7, 11) is 0. The van der Waals surface area contributed by atoms with Gasteiger partial charge in [0.15, 0.2) is 0 Å². The summed E-state index contributed by atoms with van der Waals surface area (Å²) in [6, 6.07) is 83.7. The van der Waals surface area contributed by atoms with Gasteiger partial charge in [0, 0.05) is 56.3 Å². The largest absolute Gasteiger partial charge is 0.315 e. The third-order valence-electron chi connectivity index (χ3n) is 15.2. The van der Waals surface area contributed by atoms with E-state index < -0.39 is 0 Å². The zero-order chi connectivity index (χ0) is 45.5. The van der Waals surface area contributed by atoms with E-state index in [0.29, 0.717) is 0 Å². The van der Waals surface area contributed by atoms with E-state index in [9.17, 15) is 0 Å². The van der Waals surface area contributed by atoms with Gasteiger partial charge in [-0.1, -0.05) is 140 Å². The number of benzene rings is 11. The Kier molecular flexibility index (Phi) is 7.97. The normalized spacial score (nSPS) is 12.5. The molecule has 69 heavy (non-hydrogen) atoms. The van der Waals surface area contributed by atoms with Crippen LogP contribution in [-0.2, 0) is 0 Å². The number of anilines is 6. The minimum absolute atomic E-state index is 0.0254. The lowest BCUT2D eigenvalue weighted by atomic mass is 9.34. The average molecular weight is 879 g/mol. The van der Waals surface area contributed by atoms with Crippen molar-refractivity contribution >= 4 is 122 Å². The molecule has 0 saturated carbocycles. The number of rotatable bonds is 6. The van der Waals surface area contributed by atoms with Crippen molar-refractivity contribution in [3.05, 3.63) is 236 Å². The summed E-state index contributed by atoms with van der Waals surface area (Å²) in [5.74, 6) is 0. The molecule has 15 rings (SSSR count). The van der Waals surface area contributed by atoms with Crippen molar-refractivity contribution in [2.75, 3.05) is 9.80 Å². The van der Waals surface area contributed by atoms with Crippen LogP contribution in [0.4, 0.5) is 34.1 Å². The van der Waals surface area contributed by atoms with E-state index in [0.717, 1.165) is 34.1 Å². The van der Waals surface area contributed by atoms with Gasteiger partial charge in [-0.05, 0) is 158 Å². The fourth-order valence-electron chi connectivity index (χ4n) is 12.2. The van der Waals surface area contributed by atoms with Crippen molar-refractivity contribution < 1.29 is 0 Å². The smallest absolute Gasteiger partial charge is 0.252 e. The Morgan fingerprint density at radius 1 is 0.319 bits per heavy atom. The molecule has 2 aromatic heterocycles. The molecule has 0 aliphatic carbocycles. The van der Waals surface area contributed by atoms with E-state index in [1.54, 1.807) is 0 Å². The van der Waals surface area contributed by atoms with E-state index in [2.05, 4.69) is 257 Å². The molecule has 0 bridgehead atoms. The summed E-state index contributed by atoms with van der Waals surface area (Å²) < 4.78 is 5.08. The molecular weight excluding hydrogens is 836 g/mol. The molecule has 2 aliphatic rings. The lowest BCUT2D eigenvalue weighted by molar-refractivity contribution is 1.03. The molecule has 322 valence electrons. The molecule has 13 aromatic rings. The number of hydrogen-bond donors (Lipinski definition) is 0. The van der Waals surface area contributed by atoms with E-state index in [-0.39, 0.29) is 6.71 Å². The number of aryl methyl sites for hydroxylation is 2. The Morgan fingerprint density at radius 2 is 0.652 bits per heavy atom. The van der Waals surface area contributed by atoms with Crippen LogP contribution in [0.2, 0.25) is 0 Å². The van der Waals surface area contributed by atoms with Crippen LogP contribution < -0.4 is 26.2 Å². The van der Waals surface area contributed by atoms with Crippen LogP contribution in [0.1, 0.15) is 11.4 Å². The van der Waals surface area contributed by atoms with Crippen LogP contribution in [-0.4, -0.2) is 15.8 Å². The Labute approximate surface area is 400 Å². The highest BCUT2D eigenvalue weighted by molar-refractivity contribution is 7.00. The lowest BCUT2D eigenvalue weighted by Crippen LogP contribution is -2.59. The molecule has 0 amide bonds. The second-order valence-electron chi connectivity index (χ2n) is 19.1. The second-order valence-corrected chi connectivity index (χ2v) is 19.1. The second kappa shape index (κ2) is 14.4. The van der Waals surface area contributed by atoms with Gasteiger partial charge in [0.05, 0.1) is 22.4 Å². The maximum atomic E-state index is 2.54. The Balaban J connectivity index is 0.964. The molecule has 4 heterocycles. The quantitative estimate of drug-likeness (QED) is 0.155. The molecular formula is C64H43BN4. The summed E-state index contributed by atoms with van der Waals surface area (Å²) in [6.07, 6.45) is 0. The van der Waals surface area contributed by atoms with Gasteiger partial charge in [-0.15, -0.1) is 0 Å². The van der Waals surface area contributed by atoms with Crippen LogP contribution >= 0.6 is 0 Å². The maximum Gasteiger partial charge on any atom is 0.252 e. The van der Waals surface area contributed by atoms with Crippen LogP contribution in [0.15, 0.2) is 224 Å². The molecule has 5 heteroatoms. The Morgan fingerprint density at radius 3 is 1.00 bits per heavy atom. The summed E-state index contributed by atoms with van der Waals surface area (Å²) in [5.41, 5.74) is 18.4. The monoisotopic (exact) mass is 878 g/mol. The molecule has 4 nitrogen and oxygen atoms in total. The van der Waals surface area contributed by atoms with Gasteiger partial charge in [-0.2, -0.15) is 0 Å². The molecule has 2 aliphatic heterocycles. The van der Waals surface area contributed by atoms with Crippen molar-refractivity contribution in [2.24, 2.45) is 0 Å². The van der Waals surface area contributed by atoms with Crippen LogP contribution in [0.5, 0.6) is 0 Å². The van der Waals surface area contributed by atoms with Gasteiger partial charge in [-0.25, -0.2) is 0 Å². The topological polar surface area (TPSA) is 16.3 Å². The highest BCUT2D eigenvalue weighted by Crippen LogP contribution is 2.46. The fourth-order valence-corrected chi connectivity index (χ4v) is 12.2. The number of nitrogens with zero attached hydrogens (tertiary/aromatic N) is 4. The van der Waals surface area contributed by atoms with Crippen molar-refractivity contribution in [3.63, 3.8) is 0 Å². The first kappa shape index (κ1) is 38.3. The summed E-state index contributed by atoms with van der Waals surface area (Å²) >= 11 is 0. The van der Waals surface area contributed by atoms with Gasteiger partial charge in [-0.3, -0.25) is 0 Å². The molecule has 0 radical (unpaired) electrons.